The molecule has 1 aliphatic rings. The number of rotatable bonds is 76. The van der Waals surface area contributed by atoms with Crippen LogP contribution in [0, 0.1) is 22.7 Å². The lowest BCUT2D eigenvalue weighted by molar-refractivity contribution is -0.149. The Morgan fingerprint density at radius 1 is 0.321 bits per heavy atom. The predicted octanol–water partition coefficient (Wildman–Crippen LogP) is 32.3. The Kier molecular flexibility index (Phi) is 87.5. The van der Waals surface area contributed by atoms with Crippen LogP contribution in [0.4, 0.5) is 0 Å². The summed E-state index contributed by atoms with van der Waals surface area (Å²) in [5, 5.41) is 46.2. The van der Waals surface area contributed by atoms with Crippen LogP contribution in [0.1, 0.15) is 546 Å². The normalized spacial score (nSPS) is 13.3. The number of carbonyl (C=O) groups is 4. The first-order valence-corrected chi connectivity index (χ1v) is 47.1. The number of unbranched alkanes of at least 4 members (excludes halogenated alkanes) is 57. The van der Waals surface area contributed by atoms with E-state index < -0.39 is 34.7 Å². The predicted molar refractivity (Wildman–Crippen MR) is 461 cm³/mol. The minimum atomic E-state index is -0.666. The molecule has 1 heterocycles. The third kappa shape index (κ3) is 75.3. The summed E-state index contributed by atoms with van der Waals surface area (Å²) in [6.07, 6.45) is 92.4. The highest BCUT2D eigenvalue weighted by atomic mass is 16.4. The molecule has 0 aromatic heterocycles. The Bertz CT molecular complexity index is 1840. The third-order valence-electron chi connectivity index (χ3n) is 23.6. The molecule has 0 amide bonds. The molecule has 3 unspecified atom stereocenters. The van der Waals surface area contributed by atoms with Crippen LogP contribution >= 0.6 is 0 Å². The molecule has 3 atom stereocenters. The van der Waals surface area contributed by atoms with Crippen LogP contribution in [-0.4, -0.2) is 61.5 Å². The zero-order valence-corrected chi connectivity index (χ0v) is 73.8. The van der Waals surface area contributed by atoms with Gasteiger partial charge in [0.2, 0.25) is 0 Å². The van der Waals surface area contributed by atoms with Crippen molar-refractivity contribution >= 4 is 23.9 Å². The van der Waals surface area contributed by atoms with Crippen molar-refractivity contribution in [2.75, 3.05) is 6.67 Å². The Morgan fingerprint density at radius 2 is 0.575 bits per heavy atom. The lowest BCUT2D eigenvalue weighted by Crippen LogP contribution is -2.51. The molecule has 0 radical (unpaired) electrons. The summed E-state index contributed by atoms with van der Waals surface area (Å²) < 4.78 is 0. The molecule has 0 aliphatic carbocycles. The molecule has 0 aromatic rings. The highest BCUT2D eigenvalue weighted by molar-refractivity contribution is 5.74. The Morgan fingerprint density at radius 3 is 0.792 bits per heavy atom. The molecule has 0 bridgehead atoms. The maximum Gasteiger partial charge on any atom is 0.309 e. The molecule has 0 spiro atoms. The van der Waals surface area contributed by atoms with E-state index in [9.17, 15) is 24.3 Å². The van der Waals surface area contributed by atoms with Gasteiger partial charge in [0.1, 0.15) is 6.67 Å². The number of hydrogen-bond acceptors (Lipinski definition) is 8. The molecule has 0 aromatic carbocycles. The number of aliphatic carboxylic acids is 4. The highest BCUT2D eigenvalue weighted by Crippen LogP contribution is 2.32. The van der Waals surface area contributed by atoms with Gasteiger partial charge in [0.05, 0.1) is 22.7 Å². The molecule has 1 rings (SSSR count). The van der Waals surface area contributed by atoms with Crippen molar-refractivity contribution in [1.29, 1.82) is 0 Å². The first-order chi connectivity index (χ1) is 51.3. The zero-order valence-electron chi connectivity index (χ0n) is 73.8. The SMILES string of the molecule is CCCCCCCCCCCCCCC(C)(C)C(=O)O.CCCCCCCCCCCCCCC(C)(CC)C(=O)O.CCCCCCCCCCCCCCC(C)C(=O)O.CCCCCCCCCCCCCCC(CC)C(=O)O.CCCCCCCCCCCCCCCCC(CC)(CC)N1CN=NN1. The number of carboxylic acids is 4. The monoisotopic (exact) mass is 1500 g/mol. The first-order valence-electron chi connectivity index (χ1n) is 47.1. The fourth-order valence-corrected chi connectivity index (χ4v) is 14.7. The van der Waals surface area contributed by atoms with Crippen LogP contribution in [-0.2, 0) is 19.2 Å². The largest absolute Gasteiger partial charge is 0.481 e. The Balaban J connectivity index is -0.000000617. The summed E-state index contributed by atoms with van der Waals surface area (Å²) in [5.74, 6) is -2.84. The van der Waals surface area contributed by atoms with E-state index in [1.54, 1.807) is 6.92 Å². The fourth-order valence-electron chi connectivity index (χ4n) is 14.7. The second kappa shape index (κ2) is 84.7. The van der Waals surface area contributed by atoms with Gasteiger partial charge < -0.3 is 20.4 Å². The minimum Gasteiger partial charge on any atom is -0.481 e. The average Bonchev–Trinajstić information content (AvgIpc) is 1.61. The molecule has 0 fully saturated rings. The summed E-state index contributed by atoms with van der Waals surface area (Å²) >= 11 is 0. The summed E-state index contributed by atoms with van der Waals surface area (Å²) in [6.45, 7) is 27.9. The van der Waals surface area contributed by atoms with Gasteiger partial charge in [-0.3, -0.25) is 19.2 Å². The van der Waals surface area contributed by atoms with Gasteiger partial charge in [-0.2, -0.15) is 10.1 Å². The van der Waals surface area contributed by atoms with Crippen LogP contribution < -0.4 is 5.53 Å². The van der Waals surface area contributed by atoms with Gasteiger partial charge in [0.15, 0.2) is 0 Å². The minimum absolute atomic E-state index is 0.113. The van der Waals surface area contributed by atoms with Gasteiger partial charge in [-0.25, -0.2) is 5.53 Å². The highest BCUT2D eigenvalue weighted by Gasteiger charge is 2.35. The summed E-state index contributed by atoms with van der Waals surface area (Å²) in [4.78, 5) is 43.6. The number of nitrogens with zero attached hydrogens (tertiary/aromatic N) is 3. The van der Waals surface area contributed by atoms with E-state index in [1.807, 2.05) is 34.6 Å². The molecule has 106 heavy (non-hydrogen) atoms. The molecular weight excluding hydrogens is 1310 g/mol. The summed E-state index contributed by atoms with van der Waals surface area (Å²) in [7, 11) is 0. The van der Waals surface area contributed by atoms with Crippen molar-refractivity contribution in [3.8, 4) is 0 Å². The molecule has 12 nitrogen and oxygen atoms in total. The van der Waals surface area contributed by atoms with E-state index in [2.05, 4.69) is 69.3 Å². The lowest BCUT2D eigenvalue weighted by atomic mass is 9.82. The van der Waals surface area contributed by atoms with Gasteiger partial charge in [-0.15, -0.1) is 0 Å². The third-order valence-corrected chi connectivity index (χ3v) is 23.6. The van der Waals surface area contributed by atoms with Crippen molar-refractivity contribution in [2.45, 2.75) is 551 Å². The van der Waals surface area contributed by atoms with Gasteiger partial charge in [-0.1, -0.05) is 473 Å². The fraction of sp³-hybridized carbons (Fsp3) is 0.957. The number of hydrazine groups is 1. The van der Waals surface area contributed by atoms with Crippen LogP contribution in [0.2, 0.25) is 0 Å². The van der Waals surface area contributed by atoms with Crippen molar-refractivity contribution in [3.63, 3.8) is 0 Å². The molecule has 0 saturated heterocycles. The lowest BCUT2D eigenvalue weighted by Gasteiger charge is -2.39. The van der Waals surface area contributed by atoms with Gasteiger partial charge in [-0.05, 0) is 78.6 Å². The van der Waals surface area contributed by atoms with Crippen LogP contribution in [0.25, 0.3) is 0 Å². The molecule has 1 aliphatic heterocycles. The zero-order chi connectivity index (χ0) is 79.6. The molecule has 12 heteroatoms. The van der Waals surface area contributed by atoms with E-state index in [1.165, 1.54) is 392 Å². The van der Waals surface area contributed by atoms with Crippen LogP contribution in [0.15, 0.2) is 10.3 Å². The van der Waals surface area contributed by atoms with Crippen LogP contribution in [0.3, 0.4) is 0 Å². The van der Waals surface area contributed by atoms with Gasteiger partial charge in [0.25, 0.3) is 0 Å². The number of carboxylic acid groups (broad SMARTS) is 4. The second-order valence-electron chi connectivity index (χ2n) is 33.9. The smallest absolute Gasteiger partial charge is 0.309 e. The average molecular weight is 1500 g/mol. The van der Waals surface area contributed by atoms with E-state index in [-0.39, 0.29) is 17.4 Å². The van der Waals surface area contributed by atoms with Gasteiger partial charge >= 0.3 is 23.9 Å². The number of hydrogen-bond donors (Lipinski definition) is 5. The van der Waals surface area contributed by atoms with Crippen molar-refractivity contribution in [3.05, 3.63) is 0 Å². The van der Waals surface area contributed by atoms with E-state index >= 15 is 0 Å². The molecule has 5 N–H and O–H groups in total. The van der Waals surface area contributed by atoms with Gasteiger partial charge in [0, 0.05) is 5.54 Å². The van der Waals surface area contributed by atoms with Crippen LogP contribution in [0.5, 0.6) is 0 Å². The second-order valence-corrected chi connectivity index (χ2v) is 33.9. The summed E-state index contributed by atoms with van der Waals surface area (Å²) in [5.41, 5.74) is 2.28. The topological polar surface area (TPSA) is 189 Å². The van der Waals surface area contributed by atoms with E-state index in [4.69, 9.17) is 15.3 Å². The maximum atomic E-state index is 11.2. The standard InChI is InChI=1S/C22H46N4.C19H38O2.2C18H36O2.C17H34O2/c1-4-7-8-9-10-11-12-13-14-15-16-17-18-19-20-22(5-2,6-3)26-21-23-24-25-26;1-4-6-7-8-9-10-11-12-13-14-15-16-17-19(3,5-2)18(20)21;1-4-5-6-7-8-9-10-11-12-13-14-15-16-18(2,3)17(19)20;1-3-5-6-7-8-9-10-11-12-13-14-15-16-17(4-2)18(19)20;1-3-4-5-6-7-8-9-10-11-12-13-14-15-16(2)17(18)19/h4-21H2,1-3H3,(H,23,25);4-17H2,1-3H3,(H,20,21);4-16H2,1-3H3,(H,19,20);17H,3-16H2,1-2H3,(H,19,20);16H,3-15H2,1-2H3,(H,18,19). The van der Waals surface area contributed by atoms with Crippen molar-refractivity contribution < 1.29 is 39.6 Å². The van der Waals surface area contributed by atoms with Crippen molar-refractivity contribution in [2.24, 2.45) is 33.0 Å². The molecule has 0 saturated carbocycles. The number of nitrogens with one attached hydrogen (secondary N) is 1. The Labute approximate surface area is 661 Å². The van der Waals surface area contributed by atoms with E-state index in [0.717, 1.165) is 64.2 Å². The molecular formula is C94H190N4O8. The first kappa shape index (κ1) is 110. The Hall–Kier alpha value is -2.76. The summed E-state index contributed by atoms with van der Waals surface area (Å²) in [6, 6.07) is 0. The maximum absolute atomic E-state index is 11.2. The van der Waals surface area contributed by atoms with E-state index in [0.29, 0.717) is 6.67 Å². The van der Waals surface area contributed by atoms with Crippen molar-refractivity contribution in [1.82, 2.24) is 10.5 Å². The molecule has 634 valence electrons. The quantitative estimate of drug-likeness (QED) is 0.0367.